The van der Waals surface area contributed by atoms with Gasteiger partial charge in [0.05, 0.1) is 23.5 Å². The summed E-state index contributed by atoms with van der Waals surface area (Å²) in [5.74, 6) is -0.173. The van der Waals surface area contributed by atoms with Crippen molar-refractivity contribution in [2.75, 3.05) is 11.9 Å². The second kappa shape index (κ2) is 6.33. The zero-order chi connectivity index (χ0) is 13.7. The van der Waals surface area contributed by atoms with Crippen molar-refractivity contribution in [1.82, 2.24) is 9.97 Å². The van der Waals surface area contributed by atoms with E-state index >= 15 is 0 Å². The summed E-state index contributed by atoms with van der Waals surface area (Å²) in [4.78, 5) is 19.6. The van der Waals surface area contributed by atoms with Crippen molar-refractivity contribution in [3.63, 3.8) is 0 Å². The Bertz CT molecular complexity index is 419. The van der Waals surface area contributed by atoms with Crippen LogP contribution in [0.3, 0.4) is 0 Å². The fourth-order valence-electron chi connectivity index (χ4n) is 1.70. The number of hydrogen-bond donors (Lipinski definition) is 2. The van der Waals surface area contributed by atoms with Crippen LogP contribution < -0.4 is 5.32 Å². The molecule has 0 spiro atoms. The molecule has 5 heteroatoms. The van der Waals surface area contributed by atoms with Gasteiger partial charge in [0.15, 0.2) is 0 Å². The first-order valence-corrected chi connectivity index (χ1v) is 6.17. The first-order chi connectivity index (χ1) is 8.40. The van der Waals surface area contributed by atoms with Crippen molar-refractivity contribution < 1.29 is 9.90 Å². The van der Waals surface area contributed by atoms with Gasteiger partial charge in [-0.1, -0.05) is 13.8 Å². The summed E-state index contributed by atoms with van der Waals surface area (Å²) in [6.07, 6.45) is 2.29. The molecule has 1 unspecified atom stereocenters. The minimum atomic E-state index is -0.770. The van der Waals surface area contributed by atoms with Gasteiger partial charge in [0, 0.05) is 6.54 Å². The first-order valence-electron chi connectivity index (χ1n) is 6.17. The molecule has 100 valence electrons. The maximum absolute atomic E-state index is 11.1. The zero-order valence-corrected chi connectivity index (χ0v) is 11.4. The number of rotatable bonds is 6. The van der Waals surface area contributed by atoms with Crippen molar-refractivity contribution in [2.24, 2.45) is 11.8 Å². The lowest BCUT2D eigenvalue weighted by Crippen LogP contribution is -2.24. The Morgan fingerprint density at radius 1 is 1.39 bits per heavy atom. The van der Waals surface area contributed by atoms with Gasteiger partial charge in [-0.3, -0.25) is 9.78 Å². The number of aliphatic carboxylic acids is 1. The molecule has 0 saturated carbocycles. The van der Waals surface area contributed by atoms with Gasteiger partial charge in [-0.15, -0.1) is 0 Å². The summed E-state index contributed by atoms with van der Waals surface area (Å²) in [5.41, 5.74) is 1.74. The van der Waals surface area contributed by atoms with Gasteiger partial charge in [0.25, 0.3) is 0 Å². The molecule has 1 aromatic rings. The maximum Gasteiger partial charge on any atom is 0.308 e. The van der Waals surface area contributed by atoms with E-state index in [1.807, 2.05) is 27.7 Å². The molecule has 5 nitrogen and oxygen atoms in total. The van der Waals surface area contributed by atoms with E-state index in [1.165, 1.54) is 0 Å². The van der Waals surface area contributed by atoms with Crippen molar-refractivity contribution in [2.45, 2.75) is 34.1 Å². The molecule has 0 radical (unpaired) electrons. The van der Waals surface area contributed by atoms with Crippen LogP contribution in [0.5, 0.6) is 0 Å². The summed E-state index contributed by atoms with van der Waals surface area (Å²) in [6.45, 7) is 8.20. The van der Waals surface area contributed by atoms with Crippen molar-refractivity contribution >= 4 is 11.8 Å². The van der Waals surface area contributed by atoms with E-state index in [9.17, 15) is 4.79 Å². The van der Waals surface area contributed by atoms with Crippen LogP contribution in [-0.2, 0) is 4.79 Å². The highest BCUT2D eigenvalue weighted by molar-refractivity contribution is 5.70. The predicted molar refractivity (Wildman–Crippen MR) is 70.6 cm³/mol. The minimum absolute atomic E-state index is 0.360. The molecule has 0 aromatic carbocycles. The number of aryl methyl sites for hydroxylation is 2. The Kier molecular flexibility index (Phi) is 5.07. The molecule has 1 aromatic heterocycles. The van der Waals surface area contributed by atoms with E-state index in [1.54, 1.807) is 6.20 Å². The molecule has 0 bridgehead atoms. The summed E-state index contributed by atoms with van der Waals surface area (Å²) < 4.78 is 0. The first kappa shape index (κ1) is 14.4. The average molecular weight is 251 g/mol. The minimum Gasteiger partial charge on any atom is -0.481 e. The molecule has 0 aliphatic heterocycles. The Labute approximate surface area is 108 Å². The Morgan fingerprint density at radius 3 is 2.56 bits per heavy atom. The van der Waals surface area contributed by atoms with Gasteiger partial charge >= 0.3 is 5.97 Å². The number of nitrogens with zero attached hydrogens (tertiary/aromatic N) is 2. The van der Waals surface area contributed by atoms with Gasteiger partial charge < -0.3 is 10.4 Å². The summed E-state index contributed by atoms with van der Waals surface area (Å²) >= 11 is 0. The monoisotopic (exact) mass is 251 g/mol. The van der Waals surface area contributed by atoms with Gasteiger partial charge in [0.2, 0.25) is 0 Å². The van der Waals surface area contributed by atoms with E-state index in [0.29, 0.717) is 24.7 Å². The second-order valence-corrected chi connectivity index (χ2v) is 4.97. The number of carboxylic acids is 1. The second-order valence-electron chi connectivity index (χ2n) is 4.97. The van der Waals surface area contributed by atoms with Crippen LogP contribution in [0.15, 0.2) is 6.20 Å². The van der Waals surface area contributed by atoms with E-state index < -0.39 is 11.9 Å². The molecular formula is C13H21N3O2. The van der Waals surface area contributed by atoms with Crippen molar-refractivity contribution in [3.8, 4) is 0 Å². The van der Waals surface area contributed by atoms with Crippen LogP contribution in [0.2, 0.25) is 0 Å². The molecule has 2 N–H and O–H groups in total. The summed E-state index contributed by atoms with van der Waals surface area (Å²) in [5, 5.41) is 12.2. The number of carbonyl (C=O) groups is 1. The highest BCUT2D eigenvalue weighted by Gasteiger charge is 2.18. The van der Waals surface area contributed by atoms with Gasteiger partial charge in [0.1, 0.15) is 5.82 Å². The number of carboxylic acid groups (broad SMARTS) is 1. The van der Waals surface area contributed by atoms with Crippen LogP contribution in [-0.4, -0.2) is 27.6 Å². The van der Waals surface area contributed by atoms with E-state index in [0.717, 1.165) is 11.4 Å². The van der Waals surface area contributed by atoms with E-state index in [-0.39, 0.29) is 0 Å². The quantitative estimate of drug-likeness (QED) is 0.811. The Morgan fingerprint density at radius 2 is 2.06 bits per heavy atom. The lowest BCUT2D eigenvalue weighted by Gasteiger charge is -2.15. The van der Waals surface area contributed by atoms with Crippen molar-refractivity contribution in [3.05, 3.63) is 17.6 Å². The molecule has 0 aliphatic rings. The van der Waals surface area contributed by atoms with Crippen LogP contribution in [0.4, 0.5) is 5.82 Å². The fourth-order valence-corrected chi connectivity index (χ4v) is 1.70. The van der Waals surface area contributed by atoms with Crippen LogP contribution in [0.1, 0.15) is 31.7 Å². The molecule has 1 atom stereocenters. The van der Waals surface area contributed by atoms with Crippen LogP contribution in [0, 0.1) is 25.7 Å². The SMILES string of the molecule is Cc1ncc(NCC(CC(C)C)C(=O)O)nc1C. The number of nitrogens with one attached hydrogen (secondary N) is 1. The standard InChI is InChI=1S/C13H21N3O2/c1-8(2)5-11(13(17)18)6-15-12-7-14-9(3)10(4)16-12/h7-8,11H,5-6H2,1-4H3,(H,15,16)(H,17,18). The van der Waals surface area contributed by atoms with Crippen molar-refractivity contribution in [1.29, 1.82) is 0 Å². The molecule has 0 amide bonds. The molecule has 0 aliphatic carbocycles. The molecule has 1 rings (SSSR count). The van der Waals surface area contributed by atoms with E-state index in [2.05, 4.69) is 15.3 Å². The average Bonchev–Trinajstić information content (AvgIpc) is 2.28. The summed E-state index contributed by atoms with van der Waals surface area (Å²) in [7, 11) is 0. The third-order valence-corrected chi connectivity index (χ3v) is 2.83. The molecule has 1 heterocycles. The molecule has 0 fully saturated rings. The fraction of sp³-hybridized carbons (Fsp3) is 0.615. The topological polar surface area (TPSA) is 75.1 Å². The van der Waals surface area contributed by atoms with E-state index in [4.69, 9.17) is 5.11 Å². The smallest absolute Gasteiger partial charge is 0.308 e. The highest BCUT2D eigenvalue weighted by Crippen LogP contribution is 2.13. The number of aromatic nitrogens is 2. The highest BCUT2D eigenvalue weighted by atomic mass is 16.4. The molecule has 18 heavy (non-hydrogen) atoms. The van der Waals surface area contributed by atoms with Gasteiger partial charge in [-0.05, 0) is 26.2 Å². The number of anilines is 1. The number of hydrogen-bond acceptors (Lipinski definition) is 4. The third kappa shape index (κ3) is 4.31. The lowest BCUT2D eigenvalue weighted by atomic mass is 9.97. The van der Waals surface area contributed by atoms with Gasteiger partial charge in [-0.25, -0.2) is 4.98 Å². The predicted octanol–water partition coefficient (Wildman–Crippen LogP) is 2.25. The lowest BCUT2D eigenvalue weighted by molar-refractivity contribution is -0.141. The van der Waals surface area contributed by atoms with Crippen LogP contribution in [0.25, 0.3) is 0 Å². The zero-order valence-electron chi connectivity index (χ0n) is 11.4. The Hall–Kier alpha value is -1.65. The maximum atomic E-state index is 11.1. The molecular weight excluding hydrogens is 230 g/mol. The van der Waals surface area contributed by atoms with Crippen LogP contribution >= 0.6 is 0 Å². The summed E-state index contributed by atoms with van der Waals surface area (Å²) in [6, 6.07) is 0. The third-order valence-electron chi connectivity index (χ3n) is 2.83. The largest absolute Gasteiger partial charge is 0.481 e. The normalized spacial score (nSPS) is 12.5. The Balaban J connectivity index is 2.61. The van der Waals surface area contributed by atoms with Gasteiger partial charge in [-0.2, -0.15) is 0 Å². The molecule has 0 saturated heterocycles.